The fourth-order valence-electron chi connectivity index (χ4n) is 3.23. The van der Waals surface area contributed by atoms with Gasteiger partial charge in [-0.2, -0.15) is 13.2 Å². The number of fused-ring (bicyclic) bond motifs is 1. The molecular formula is C17H13F5O3S. The van der Waals surface area contributed by atoms with Gasteiger partial charge in [-0.15, -0.1) is 0 Å². The first-order chi connectivity index (χ1) is 12.0. The van der Waals surface area contributed by atoms with E-state index in [1.54, 1.807) is 0 Å². The van der Waals surface area contributed by atoms with E-state index in [0.717, 1.165) is 18.2 Å². The van der Waals surface area contributed by atoms with Crippen molar-refractivity contribution in [2.75, 3.05) is 0 Å². The van der Waals surface area contributed by atoms with Crippen LogP contribution in [0.3, 0.4) is 0 Å². The number of alkyl halides is 3. The largest absolute Gasteiger partial charge is 0.501 e. The fourth-order valence-corrected chi connectivity index (χ4v) is 4.28. The Kier molecular flexibility index (Phi) is 4.56. The van der Waals surface area contributed by atoms with Crippen LogP contribution in [0.1, 0.15) is 34.8 Å². The Balaban J connectivity index is 2.11. The SMILES string of the molecule is O=S(=O)(c1ccc(Cc2cc(F)cc(F)c2)c2c1C(O)CC2)C(F)(F)F. The Labute approximate surface area is 146 Å². The van der Waals surface area contributed by atoms with Crippen molar-refractivity contribution in [2.24, 2.45) is 0 Å². The lowest BCUT2D eigenvalue weighted by Crippen LogP contribution is -2.25. The van der Waals surface area contributed by atoms with Crippen LogP contribution in [0.15, 0.2) is 35.2 Å². The third-order valence-electron chi connectivity index (χ3n) is 4.33. The molecule has 140 valence electrons. The number of halogens is 5. The molecule has 2 aromatic rings. The lowest BCUT2D eigenvalue weighted by atomic mass is 9.96. The molecule has 1 aliphatic rings. The van der Waals surface area contributed by atoms with Gasteiger partial charge in [-0.05, 0) is 54.2 Å². The maximum atomic E-state index is 13.3. The molecular weight excluding hydrogens is 379 g/mol. The van der Waals surface area contributed by atoms with Crippen molar-refractivity contribution in [3.05, 3.63) is 64.2 Å². The summed E-state index contributed by atoms with van der Waals surface area (Å²) in [5, 5.41) is 10.0. The Morgan fingerprint density at radius 3 is 2.27 bits per heavy atom. The molecule has 2 aromatic carbocycles. The predicted molar refractivity (Wildman–Crippen MR) is 82.1 cm³/mol. The zero-order valence-electron chi connectivity index (χ0n) is 13.1. The van der Waals surface area contributed by atoms with Gasteiger partial charge in [-0.3, -0.25) is 0 Å². The summed E-state index contributed by atoms with van der Waals surface area (Å²) in [7, 11) is -5.62. The van der Waals surface area contributed by atoms with Gasteiger partial charge in [0, 0.05) is 11.6 Å². The fraction of sp³-hybridized carbons (Fsp3) is 0.294. The Morgan fingerprint density at radius 2 is 1.69 bits per heavy atom. The topological polar surface area (TPSA) is 54.4 Å². The number of rotatable bonds is 3. The van der Waals surface area contributed by atoms with Gasteiger partial charge in [0.25, 0.3) is 9.84 Å². The molecule has 0 spiro atoms. The van der Waals surface area contributed by atoms with Crippen LogP contribution >= 0.6 is 0 Å². The highest BCUT2D eigenvalue weighted by molar-refractivity contribution is 7.92. The van der Waals surface area contributed by atoms with Crippen LogP contribution in [0.5, 0.6) is 0 Å². The van der Waals surface area contributed by atoms with Crippen LogP contribution in [-0.4, -0.2) is 19.0 Å². The number of benzene rings is 2. The molecule has 0 heterocycles. The number of hydrogen-bond donors (Lipinski definition) is 1. The summed E-state index contributed by atoms with van der Waals surface area (Å²) in [6.07, 6.45) is -1.10. The van der Waals surface area contributed by atoms with E-state index in [-0.39, 0.29) is 36.0 Å². The molecule has 0 saturated heterocycles. The van der Waals surface area contributed by atoms with Crippen molar-refractivity contribution in [3.63, 3.8) is 0 Å². The van der Waals surface area contributed by atoms with Crippen molar-refractivity contribution in [1.29, 1.82) is 0 Å². The normalized spacial score (nSPS) is 17.4. The van der Waals surface area contributed by atoms with Gasteiger partial charge in [0.05, 0.1) is 11.0 Å². The van der Waals surface area contributed by atoms with Crippen molar-refractivity contribution in [1.82, 2.24) is 0 Å². The molecule has 9 heteroatoms. The highest BCUT2D eigenvalue weighted by Crippen LogP contribution is 2.42. The quantitative estimate of drug-likeness (QED) is 0.808. The molecule has 0 aromatic heterocycles. The highest BCUT2D eigenvalue weighted by Gasteiger charge is 2.49. The lowest BCUT2D eigenvalue weighted by Gasteiger charge is -2.17. The van der Waals surface area contributed by atoms with Gasteiger partial charge in [-0.25, -0.2) is 17.2 Å². The maximum absolute atomic E-state index is 13.3. The number of aliphatic hydroxyl groups is 1. The Morgan fingerprint density at radius 1 is 1.08 bits per heavy atom. The monoisotopic (exact) mass is 392 g/mol. The summed E-state index contributed by atoms with van der Waals surface area (Å²) in [6.45, 7) is 0. The minimum atomic E-state index is -5.62. The Hall–Kier alpha value is -2.00. The minimum absolute atomic E-state index is 0.00389. The lowest BCUT2D eigenvalue weighted by molar-refractivity contribution is -0.0437. The van der Waals surface area contributed by atoms with E-state index in [2.05, 4.69) is 0 Å². The van der Waals surface area contributed by atoms with Gasteiger partial charge in [0.1, 0.15) is 11.6 Å². The van der Waals surface area contributed by atoms with E-state index in [9.17, 15) is 35.5 Å². The van der Waals surface area contributed by atoms with E-state index >= 15 is 0 Å². The molecule has 0 amide bonds. The van der Waals surface area contributed by atoms with E-state index in [1.807, 2.05) is 0 Å². The van der Waals surface area contributed by atoms with Crippen LogP contribution in [-0.2, 0) is 22.7 Å². The first-order valence-electron chi connectivity index (χ1n) is 7.60. The average molecular weight is 392 g/mol. The van der Waals surface area contributed by atoms with Crippen LogP contribution in [0.4, 0.5) is 22.0 Å². The van der Waals surface area contributed by atoms with Crippen LogP contribution in [0.2, 0.25) is 0 Å². The second-order valence-corrected chi connectivity index (χ2v) is 7.98. The summed E-state index contributed by atoms with van der Waals surface area (Å²) < 4.78 is 88.9. The van der Waals surface area contributed by atoms with Gasteiger partial charge in [0.15, 0.2) is 0 Å². The van der Waals surface area contributed by atoms with E-state index in [1.165, 1.54) is 6.07 Å². The molecule has 1 N–H and O–H groups in total. The molecule has 1 unspecified atom stereocenters. The number of hydrogen-bond acceptors (Lipinski definition) is 3. The molecule has 1 aliphatic carbocycles. The third-order valence-corrected chi connectivity index (χ3v) is 5.87. The van der Waals surface area contributed by atoms with Gasteiger partial charge in [-0.1, -0.05) is 6.07 Å². The predicted octanol–water partition coefficient (Wildman–Crippen LogP) is 3.83. The maximum Gasteiger partial charge on any atom is 0.501 e. The minimum Gasteiger partial charge on any atom is -0.388 e. The van der Waals surface area contributed by atoms with Crippen molar-refractivity contribution < 1.29 is 35.5 Å². The summed E-state index contributed by atoms with van der Waals surface area (Å²) >= 11 is 0. The molecule has 0 aliphatic heterocycles. The molecule has 0 fully saturated rings. The Bertz CT molecular complexity index is 947. The molecule has 0 bridgehead atoms. The van der Waals surface area contributed by atoms with Crippen molar-refractivity contribution in [2.45, 2.75) is 35.8 Å². The second-order valence-electron chi connectivity index (χ2n) is 6.07. The summed E-state index contributed by atoms with van der Waals surface area (Å²) in [5.41, 5.74) is -4.83. The third kappa shape index (κ3) is 3.21. The summed E-state index contributed by atoms with van der Waals surface area (Å²) in [4.78, 5) is -0.973. The zero-order chi connectivity index (χ0) is 19.3. The highest BCUT2D eigenvalue weighted by atomic mass is 32.2. The van der Waals surface area contributed by atoms with Crippen LogP contribution < -0.4 is 0 Å². The molecule has 3 nitrogen and oxygen atoms in total. The summed E-state index contributed by atoms with van der Waals surface area (Å²) in [5.74, 6) is -1.60. The first-order valence-corrected chi connectivity index (χ1v) is 9.08. The van der Waals surface area contributed by atoms with Crippen LogP contribution in [0.25, 0.3) is 0 Å². The van der Waals surface area contributed by atoms with Gasteiger partial charge >= 0.3 is 5.51 Å². The standard InChI is InChI=1S/C17H13F5O3S/c18-11-6-9(7-12(19)8-11)5-10-1-4-15(26(24,25)17(20,21)22)16-13(10)2-3-14(16)23/h1,4,6-8,14,23H,2-3,5H2. The molecule has 26 heavy (non-hydrogen) atoms. The van der Waals surface area contributed by atoms with Crippen LogP contribution in [0, 0.1) is 11.6 Å². The average Bonchev–Trinajstić information content (AvgIpc) is 2.88. The molecule has 0 radical (unpaired) electrons. The van der Waals surface area contributed by atoms with E-state index in [0.29, 0.717) is 11.6 Å². The molecule has 1 atom stereocenters. The van der Waals surface area contributed by atoms with E-state index in [4.69, 9.17) is 0 Å². The first kappa shape index (κ1) is 18.8. The second kappa shape index (κ2) is 6.31. The van der Waals surface area contributed by atoms with E-state index < -0.39 is 38.0 Å². The smallest absolute Gasteiger partial charge is 0.388 e. The molecule has 3 rings (SSSR count). The molecule has 0 saturated carbocycles. The van der Waals surface area contributed by atoms with Gasteiger partial charge < -0.3 is 5.11 Å². The number of aliphatic hydroxyl groups excluding tert-OH is 1. The van der Waals surface area contributed by atoms with Crippen molar-refractivity contribution in [3.8, 4) is 0 Å². The van der Waals surface area contributed by atoms with Gasteiger partial charge in [0.2, 0.25) is 0 Å². The number of sulfone groups is 1. The summed E-state index contributed by atoms with van der Waals surface area (Å²) in [6, 6.07) is 4.85. The van der Waals surface area contributed by atoms with Crippen molar-refractivity contribution >= 4 is 9.84 Å². The zero-order valence-corrected chi connectivity index (χ0v) is 14.0.